The van der Waals surface area contributed by atoms with Crippen LogP contribution in [0.5, 0.6) is 0 Å². The van der Waals surface area contributed by atoms with Crippen LogP contribution in [0.2, 0.25) is 0 Å². The molecule has 0 unspecified atom stereocenters. The van der Waals surface area contributed by atoms with Crippen LogP contribution in [0.4, 0.5) is 0 Å². The molecule has 1 N–H and O–H groups in total. The maximum Gasteiger partial charge on any atom is 0.243 e. The average Bonchev–Trinajstić information content (AvgIpc) is 2.38. The zero-order chi connectivity index (χ0) is 13.5. The summed E-state index contributed by atoms with van der Waals surface area (Å²) >= 11 is 0. The molecule has 2 atom stereocenters. The highest BCUT2D eigenvalue weighted by atomic mass is 32.2. The van der Waals surface area contributed by atoms with E-state index in [1.807, 2.05) is 19.1 Å². The molecule has 2 fully saturated rings. The minimum atomic E-state index is -3.32. The Morgan fingerprint density at radius 3 is 2.26 bits per heavy atom. The van der Waals surface area contributed by atoms with Gasteiger partial charge >= 0.3 is 0 Å². The Balaban J connectivity index is 1.86. The van der Waals surface area contributed by atoms with Crippen molar-refractivity contribution >= 4 is 10.0 Å². The molecule has 3 rings (SSSR count). The van der Waals surface area contributed by atoms with Crippen molar-refractivity contribution in [2.75, 3.05) is 26.2 Å². The van der Waals surface area contributed by atoms with E-state index < -0.39 is 10.0 Å². The van der Waals surface area contributed by atoms with Crippen LogP contribution in [0.3, 0.4) is 0 Å². The normalized spacial score (nSPS) is 28.3. The summed E-state index contributed by atoms with van der Waals surface area (Å²) in [6.07, 6.45) is 1.16. The fraction of sp³-hybridized carbons (Fsp3) is 0.571. The number of sulfonamides is 1. The van der Waals surface area contributed by atoms with Gasteiger partial charge in [-0.2, -0.15) is 4.31 Å². The Morgan fingerprint density at radius 1 is 1.11 bits per heavy atom. The summed E-state index contributed by atoms with van der Waals surface area (Å²) in [4.78, 5) is 0.422. The number of nitrogens with zero attached hydrogens (tertiary/aromatic N) is 1. The smallest absolute Gasteiger partial charge is 0.243 e. The second-order valence-corrected chi connectivity index (χ2v) is 7.70. The summed E-state index contributed by atoms with van der Waals surface area (Å²) in [7, 11) is -3.32. The molecule has 19 heavy (non-hydrogen) atoms. The molecule has 0 saturated carbocycles. The molecule has 2 aliphatic rings. The van der Waals surface area contributed by atoms with Gasteiger partial charge in [0.1, 0.15) is 0 Å². The Hall–Kier alpha value is -0.910. The standard InChI is InChI=1S/C14H20N2O2S/c1-11-2-4-14(5-3-11)19(17,18)16-9-12-6-13(10-16)8-15-7-12/h2-5,12-13,15H,6-10H2,1H3/t12-,13+. The van der Waals surface area contributed by atoms with Gasteiger partial charge < -0.3 is 5.32 Å². The van der Waals surface area contributed by atoms with Crippen molar-refractivity contribution in [2.24, 2.45) is 11.8 Å². The molecule has 0 radical (unpaired) electrons. The zero-order valence-corrected chi connectivity index (χ0v) is 12.0. The lowest BCUT2D eigenvalue weighted by Gasteiger charge is -2.40. The second-order valence-electron chi connectivity index (χ2n) is 5.76. The SMILES string of the molecule is Cc1ccc(S(=O)(=O)N2C[C@@H]3CNC[C@@H](C3)C2)cc1. The van der Waals surface area contributed by atoms with E-state index in [0.717, 1.165) is 25.1 Å². The summed E-state index contributed by atoms with van der Waals surface area (Å²) in [5.74, 6) is 0.931. The summed E-state index contributed by atoms with van der Waals surface area (Å²) in [6, 6.07) is 7.15. The lowest BCUT2D eigenvalue weighted by Crippen LogP contribution is -2.52. The molecule has 2 heterocycles. The van der Waals surface area contributed by atoms with Crippen LogP contribution in [0.15, 0.2) is 29.2 Å². The van der Waals surface area contributed by atoms with Crippen LogP contribution >= 0.6 is 0 Å². The van der Waals surface area contributed by atoms with Crippen LogP contribution in [-0.4, -0.2) is 38.9 Å². The third-order valence-electron chi connectivity index (χ3n) is 4.12. The minimum Gasteiger partial charge on any atom is -0.316 e. The van der Waals surface area contributed by atoms with Crippen molar-refractivity contribution in [2.45, 2.75) is 18.2 Å². The molecule has 1 aromatic rings. The van der Waals surface area contributed by atoms with Gasteiger partial charge in [0.15, 0.2) is 0 Å². The molecule has 104 valence electrons. The minimum absolute atomic E-state index is 0.422. The molecular weight excluding hydrogens is 260 g/mol. The van der Waals surface area contributed by atoms with Crippen LogP contribution in [0.1, 0.15) is 12.0 Å². The monoisotopic (exact) mass is 280 g/mol. The third-order valence-corrected chi connectivity index (χ3v) is 5.96. The lowest BCUT2D eigenvalue weighted by atomic mass is 9.87. The Kier molecular flexibility index (Phi) is 3.37. The molecule has 2 aliphatic heterocycles. The fourth-order valence-corrected chi connectivity index (χ4v) is 4.71. The van der Waals surface area contributed by atoms with Gasteiger partial charge in [0.05, 0.1) is 4.90 Å². The van der Waals surface area contributed by atoms with E-state index in [1.165, 1.54) is 0 Å². The maximum absolute atomic E-state index is 12.6. The average molecular weight is 280 g/mol. The van der Waals surface area contributed by atoms with Gasteiger partial charge in [0.2, 0.25) is 10.0 Å². The predicted octanol–water partition coefficient (Wildman–Crippen LogP) is 1.23. The molecule has 1 aromatic carbocycles. The highest BCUT2D eigenvalue weighted by molar-refractivity contribution is 7.89. The van der Waals surface area contributed by atoms with Gasteiger partial charge in [0.25, 0.3) is 0 Å². The van der Waals surface area contributed by atoms with E-state index in [1.54, 1.807) is 16.4 Å². The number of benzene rings is 1. The first kappa shape index (κ1) is 13.1. The predicted molar refractivity (Wildman–Crippen MR) is 74.4 cm³/mol. The van der Waals surface area contributed by atoms with E-state index in [0.29, 0.717) is 29.8 Å². The second kappa shape index (κ2) is 4.89. The van der Waals surface area contributed by atoms with E-state index in [4.69, 9.17) is 0 Å². The molecule has 0 spiro atoms. The van der Waals surface area contributed by atoms with Crippen LogP contribution < -0.4 is 5.32 Å². The summed E-state index contributed by atoms with van der Waals surface area (Å²) < 4.78 is 26.9. The summed E-state index contributed by atoms with van der Waals surface area (Å²) in [6.45, 7) is 5.15. The lowest BCUT2D eigenvalue weighted by molar-refractivity contribution is 0.158. The first-order valence-electron chi connectivity index (χ1n) is 6.83. The first-order chi connectivity index (χ1) is 9.05. The number of hydrogen-bond acceptors (Lipinski definition) is 3. The van der Waals surface area contributed by atoms with Gasteiger partial charge in [-0.15, -0.1) is 0 Å². The molecule has 0 aromatic heterocycles. The molecular formula is C14H20N2O2S. The molecule has 4 nitrogen and oxygen atoms in total. The van der Waals surface area contributed by atoms with Crippen LogP contribution in [-0.2, 0) is 10.0 Å². The quantitative estimate of drug-likeness (QED) is 0.886. The zero-order valence-electron chi connectivity index (χ0n) is 11.2. The number of fused-ring (bicyclic) bond motifs is 2. The van der Waals surface area contributed by atoms with Gasteiger partial charge in [-0.3, -0.25) is 0 Å². The summed E-state index contributed by atoms with van der Waals surface area (Å²) in [5, 5.41) is 3.38. The van der Waals surface area contributed by atoms with Crippen molar-refractivity contribution in [3.05, 3.63) is 29.8 Å². The Morgan fingerprint density at radius 2 is 1.68 bits per heavy atom. The highest BCUT2D eigenvalue weighted by Gasteiger charge is 2.36. The van der Waals surface area contributed by atoms with E-state index in [-0.39, 0.29) is 0 Å². The number of nitrogens with one attached hydrogen (secondary N) is 1. The third kappa shape index (κ3) is 2.55. The maximum atomic E-state index is 12.6. The molecule has 2 bridgehead atoms. The number of hydrogen-bond donors (Lipinski definition) is 1. The Bertz CT molecular complexity index is 541. The van der Waals surface area contributed by atoms with Crippen molar-refractivity contribution in [1.29, 1.82) is 0 Å². The van der Waals surface area contributed by atoms with E-state index in [2.05, 4.69) is 5.32 Å². The van der Waals surface area contributed by atoms with Crippen molar-refractivity contribution < 1.29 is 8.42 Å². The molecule has 2 saturated heterocycles. The molecule has 0 aliphatic carbocycles. The fourth-order valence-electron chi connectivity index (χ4n) is 3.11. The van der Waals surface area contributed by atoms with Gasteiger partial charge in [-0.05, 0) is 50.4 Å². The van der Waals surface area contributed by atoms with Crippen LogP contribution in [0, 0.1) is 18.8 Å². The molecule has 5 heteroatoms. The molecule has 0 amide bonds. The number of rotatable bonds is 2. The van der Waals surface area contributed by atoms with Crippen molar-refractivity contribution in [3.8, 4) is 0 Å². The topological polar surface area (TPSA) is 49.4 Å². The van der Waals surface area contributed by atoms with Crippen molar-refractivity contribution in [3.63, 3.8) is 0 Å². The first-order valence-corrected chi connectivity index (χ1v) is 8.27. The largest absolute Gasteiger partial charge is 0.316 e. The van der Waals surface area contributed by atoms with Crippen molar-refractivity contribution in [1.82, 2.24) is 9.62 Å². The van der Waals surface area contributed by atoms with Gasteiger partial charge in [0, 0.05) is 13.1 Å². The highest BCUT2D eigenvalue weighted by Crippen LogP contribution is 2.28. The van der Waals surface area contributed by atoms with Gasteiger partial charge in [-0.25, -0.2) is 8.42 Å². The number of piperidine rings is 2. The summed E-state index contributed by atoms with van der Waals surface area (Å²) in [5.41, 5.74) is 1.08. The van der Waals surface area contributed by atoms with E-state index in [9.17, 15) is 8.42 Å². The Labute approximate surface area is 114 Å². The van der Waals surface area contributed by atoms with E-state index >= 15 is 0 Å². The van der Waals surface area contributed by atoms with Gasteiger partial charge in [-0.1, -0.05) is 17.7 Å². The number of aryl methyl sites for hydroxylation is 1. The van der Waals surface area contributed by atoms with Crippen LogP contribution in [0.25, 0.3) is 0 Å².